The molecule has 5 nitrogen and oxygen atoms in total. The molecular formula is C12H15BrN2O3. The van der Waals surface area contributed by atoms with E-state index in [1.807, 2.05) is 0 Å². The zero-order chi connectivity index (χ0) is 13.9. The molecule has 18 heavy (non-hydrogen) atoms. The number of benzene rings is 1. The number of hydrogen-bond donors (Lipinski definition) is 1. The van der Waals surface area contributed by atoms with Crippen molar-refractivity contribution < 1.29 is 14.3 Å². The number of halogens is 1. The highest BCUT2D eigenvalue weighted by Gasteiger charge is 2.21. The molecule has 1 amide bonds. The largest absolute Gasteiger partial charge is 0.449 e. The fraction of sp³-hybridized carbons (Fsp3) is 0.333. The number of rotatable bonds is 3. The summed E-state index contributed by atoms with van der Waals surface area (Å²) in [7, 11) is 3.20. The summed E-state index contributed by atoms with van der Waals surface area (Å²) in [5.74, 6) is -0.861. The van der Waals surface area contributed by atoms with Crippen LogP contribution < -0.4 is 5.73 Å². The smallest absolute Gasteiger partial charge is 0.340 e. The van der Waals surface area contributed by atoms with Gasteiger partial charge < -0.3 is 15.4 Å². The fourth-order valence-corrected chi connectivity index (χ4v) is 1.75. The van der Waals surface area contributed by atoms with Crippen molar-refractivity contribution >= 4 is 33.5 Å². The lowest BCUT2D eigenvalue weighted by Gasteiger charge is -2.17. The third-order valence-corrected chi connectivity index (χ3v) is 2.97. The summed E-state index contributed by atoms with van der Waals surface area (Å²) >= 11 is 3.24. The van der Waals surface area contributed by atoms with Crippen LogP contribution in [0, 0.1) is 0 Å². The number of likely N-dealkylation sites (N-methyl/N-ethyl adjacent to an activating group) is 1. The van der Waals surface area contributed by atoms with Crippen molar-refractivity contribution in [3.8, 4) is 0 Å². The van der Waals surface area contributed by atoms with E-state index in [4.69, 9.17) is 10.5 Å². The maximum atomic E-state index is 11.9. The lowest BCUT2D eigenvalue weighted by atomic mass is 10.2. The Kier molecular flexibility index (Phi) is 4.72. The molecule has 98 valence electrons. The number of anilines is 1. The van der Waals surface area contributed by atoms with Crippen molar-refractivity contribution in [1.82, 2.24) is 4.90 Å². The van der Waals surface area contributed by atoms with Crippen LogP contribution >= 0.6 is 15.9 Å². The number of amides is 1. The van der Waals surface area contributed by atoms with Crippen LogP contribution in [0.25, 0.3) is 0 Å². The first-order chi connectivity index (χ1) is 8.32. The van der Waals surface area contributed by atoms with Crippen LogP contribution in [0.3, 0.4) is 0 Å². The zero-order valence-electron chi connectivity index (χ0n) is 10.4. The second-order valence-electron chi connectivity index (χ2n) is 4.02. The van der Waals surface area contributed by atoms with Crippen LogP contribution in [0.5, 0.6) is 0 Å². The maximum absolute atomic E-state index is 11.9. The Bertz CT molecular complexity index is 474. The van der Waals surface area contributed by atoms with Gasteiger partial charge in [0.2, 0.25) is 0 Å². The van der Waals surface area contributed by atoms with Gasteiger partial charge in [-0.1, -0.05) is 0 Å². The van der Waals surface area contributed by atoms with Crippen molar-refractivity contribution in [3.63, 3.8) is 0 Å². The number of hydrogen-bond acceptors (Lipinski definition) is 4. The number of nitrogens with two attached hydrogens (primary N) is 1. The SMILES string of the molecule is CC(OC(=O)c1cc(N)ccc1Br)C(=O)N(C)C. The predicted octanol–water partition coefficient (Wildman–Crippen LogP) is 1.66. The van der Waals surface area contributed by atoms with Crippen LogP contribution in [0.2, 0.25) is 0 Å². The third-order valence-electron chi connectivity index (χ3n) is 2.28. The van der Waals surface area contributed by atoms with Gasteiger partial charge in [-0.15, -0.1) is 0 Å². The number of ether oxygens (including phenoxy) is 1. The first kappa shape index (κ1) is 14.5. The molecule has 0 radical (unpaired) electrons. The van der Waals surface area contributed by atoms with Crippen molar-refractivity contribution in [2.75, 3.05) is 19.8 Å². The zero-order valence-corrected chi connectivity index (χ0v) is 12.0. The summed E-state index contributed by atoms with van der Waals surface area (Å²) in [6.07, 6.45) is -0.833. The summed E-state index contributed by atoms with van der Waals surface area (Å²) in [5, 5.41) is 0. The van der Waals surface area contributed by atoms with Crippen molar-refractivity contribution in [2.24, 2.45) is 0 Å². The fourth-order valence-electron chi connectivity index (χ4n) is 1.34. The van der Waals surface area contributed by atoms with Gasteiger partial charge in [-0.25, -0.2) is 4.79 Å². The molecule has 0 bridgehead atoms. The van der Waals surface area contributed by atoms with Gasteiger partial charge in [-0.05, 0) is 41.1 Å². The minimum absolute atomic E-state index is 0.275. The van der Waals surface area contributed by atoms with Gasteiger partial charge in [0.15, 0.2) is 6.10 Å². The molecular weight excluding hydrogens is 300 g/mol. The molecule has 1 aromatic rings. The van der Waals surface area contributed by atoms with Crippen molar-refractivity contribution in [1.29, 1.82) is 0 Å². The predicted molar refractivity (Wildman–Crippen MR) is 72.1 cm³/mol. The molecule has 1 unspecified atom stereocenters. The number of nitrogen functional groups attached to an aromatic ring is 1. The molecule has 0 aliphatic rings. The first-order valence-corrected chi connectivity index (χ1v) is 6.09. The van der Waals surface area contributed by atoms with Gasteiger partial charge in [-0.3, -0.25) is 4.79 Å². The normalized spacial score (nSPS) is 11.8. The number of esters is 1. The monoisotopic (exact) mass is 314 g/mol. The second kappa shape index (κ2) is 5.86. The van der Waals surface area contributed by atoms with E-state index in [9.17, 15) is 9.59 Å². The van der Waals surface area contributed by atoms with E-state index in [2.05, 4.69) is 15.9 Å². The van der Waals surface area contributed by atoms with E-state index in [-0.39, 0.29) is 5.91 Å². The van der Waals surface area contributed by atoms with Gasteiger partial charge in [0, 0.05) is 24.3 Å². The molecule has 2 N–H and O–H groups in total. The Morgan fingerprint density at radius 3 is 2.56 bits per heavy atom. The highest BCUT2D eigenvalue weighted by Crippen LogP contribution is 2.21. The van der Waals surface area contributed by atoms with Crippen LogP contribution in [0.1, 0.15) is 17.3 Å². The summed E-state index contributed by atoms with van der Waals surface area (Å²) in [6.45, 7) is 1.53. The van der Waals surface area contributed by atoms with E-state index in [0.717, 1.165) is 0 Å². The van der Waals surface area contributed by atoms with Gasteiger partial charge >= 0.3 is 5.97 Å². The van der Waals surface area contributed by atoms with Gasteiger partial charge in [0.25, 0.3) is 5.91 Å². The molecule has 0 saturated heterocycles. The third kappa shape index (κ3) is 3.46. The molecule has 0 aromatic heterocycles. The van der Waals surface area contributed by atoms with Gasteiger partial charge in [-0.2, -0.15) is 0 Å². The Hall–Kier alpha value is -1.56. The highest BCUT2D eigenvalue weighted by atomic mass is 79.9. The molecule has 0 saturated carbocycles. The van der Waals surface area contributed by atoms with Crippen LogP contribution in [-0.2, 0) is 9.53 Å². The van der Waals surface area contributed by atoms with Crippen LogP contribution in [0.4, 0.5) is 5.69 Å². The first-order valence-electron chi connectivity index (χ1n) is 5.30. The molecule has 0 fully saturated rings. The minimum atomic E-state index is -0.833. The van der Waals surface area contributed by atoms with E-state index in [1.165, 1.54) is 17.9 Å². The molecule has 1 atom stereocenters. The summed E-state index contributed by atoms with van der Waals surface area (Å²) in [6, 6.07) is 4.82. The van der Waals surface area contributed by atoms with Crippen molar-refractivity contribution in [3.05, 3.63) is 28.2 Å². The quantitative estimate of drug-likeness (QED) is 0.680. The molecule has 6 heteroatoms. The average Bonchev–Trinajstić information content (AvgIpc) is 2.30. The van der Waals surface area contributed by atoms with E-state index in [0.29, 0.717) is 15.7 Å². The number of nitrogens with zero attached hydrogens (tertiary/aromatic N) is 1. The van der Waals surface area contributed by atoms with Crippen LogP contribution in [0.15, 0.2) is 22.7 Å². The second-order valence-corrected chi connectivity index (χ2v) is 4.87. The van der Waals surface area contributed by atoms with E-state index < -0.39 is 12.1 Å². The topological polar surface area (TPSA) is 72.6 Å². The summed E-state index contributed by atoms with van der Waals surface area (Å²) in [5.41, 5.74) is 6.36. The Balaban J connectivity index is 2.83. The lowest BCUT2D eigenvalue weighted by molar-refractivity contribution is -0.137. The van der Waals surface area contributed by atoms with Gasteiger partial charge in [0.05, 0.1) is 5.56 Å². The molecule has 0 aliphatic heterocycles. The number of carbonyl (C=O) groups excluding carboxylic acids is 2. The summed E-state index contributed by atoms with van der Waals surface area (Å²) in [4.78, 5) is 24.8. The molecule has 1 aromatic carbocycles. The molecule has 0 spiro atoms. The van der Waals surface area contributed by atoms with Crippen molar-refractivity contribution in [2.45, 2.75) is 13.0 Å². The van der Waals surface area contributed by atoms with E-state index >= 15 is 0 Å². The number of carbonyl (C=O) groups is 2. The molecule has 0 aliphatic carbocycles. The minimum Gasteiger partial charge on any atom is -0.449 e. The average molecular weight is 315 g/mol. The molecule has 0 heterocycles. The van der Waals surface area contributed by atoms with Crippen LogP contribution in [-0.4, -0.2) is 37.0 Å². The summed E-state index contributed by atoms with van der Waals surface area (Å²) < 4.78 is 5.65. The lowest BCUT2D eigenvalue weighted by Crippen LogP contribution is -2.35. The van der Waals surface area contributed by atoms with E-state index in [1.54, 1.807) is 26.2 Å². The maximum Gasteiger partial charge on any atom is 0.340 e. The highest BCUT2D eigenvalue weighted by molar-refractivity contribution is 9.10. The Morgan fingerprint density at radius 2 is 2.00 bits per heavy atom. The Labute approximate surface area is 114 Å². The standard InChI is InChI=1S/C12H15BrN2O3/c1-7(11(16)15(2)3)18-12(17)9-6-8(14)4-5-10(9)13/h4-7H,14H2,1-3H3. The van der Waals surface area contributed by atoms with Gasteiger partial charge in [0.1, 0.15) is 0 Å². The Morgan fingerprint density at radius 1 is 1.39 bits per heavy atom. The molecule has 1 rings (SSSR count).